The molecule has 386 valence electrons. The van der Waals surface area contributed by atoms with E-state index in [0.717, 1.165) is 0 Å². The first-order valence-electron chi connectivity index (χ1n) is 21.8. The third-order valence-corrected chi connectivity index (χ3v) is 12.5. The molecule has 16 unspecified atom stereocenters. The lowest BCUT2D eigenvalue weighted by molar-refractivity contribution is -0.284. The van der Waals surface area contributed by atoms with E-state index in [1.165, 1.54) is 20.8 Å². The van der Waals surface area contributed by atoms with Crippen molar-refractivity contribution in [1.82, 2.24) is 16.0 Å². The second-order valence-corrected chi connectivity index (χ2v) is 20.7. The molecule has 0 spiro atoms. The molecule has 3 amide bonds. The van der Waals surface area contributed by atoms with Crippen LogP contribution in [0.5, 0.6) is 0 Å². The van der Waals surface area contributed by atoms with Crippen LogP contribution in [0.3, 0.4) is 0 Å². The number of hydrogen-bond donors (Lipinski definition) is 10. The van der Waals surface area contributed by atoms with Crippen molar-refractivity contribution >= 4 is 25.3 Å². The molecule has 25 nitrogen and oxygen atoms in total. The summed E-state index contributed by atoms with van der Waals surface area (Å²) in [5.41, 5.74) is -0.436. The van der Waals surface area contributed by atoms with Gasteiger partial charge in [0.1, 0.15) is 73.1 Å². The molecule has 3 fully saturated rings. The van der Waals surface area contributed by atoms with Crippen LogP contribution in [-0.2, 0) is 70.8 Å². The van der Waals surface area contributed by atoms with E-state index in [9.17, 15) is 54.5 Å². The molecule has 0 saturated carbocycles. The van der Waals surface area contributed by atoms with Crippen molar-refractivity contribution in [2.75, 3.05) is 72.7 Å². The molecule has 0 bridgehead atoms. The normalized spacial score (nSPS) is 34.0. The van der Waals surface area contributed by atoms with Gasteiger partial charge in [-0.25, -0.2) is 0 Å². The van der Waals surface area contributed by atoms with Crippen molar-refractivity contribution in [3.05, 3.63) is 0 Å². The van der Waals surface area contributed by atoms with Gasteiger partial charge in [-0.1, -0.05) is 0 Å². The summed E-state index contributed by atoms with van der Waals surface area (Å²) in [6, 6.07) is -3.52. The monoisotopic (exact) mass is 979 g/mol. The van der Waals surface area contributed by atoms with Crippen molar-refractivity contribution in [2.45, 2.75) is 165 Å². The van der Waals surface area contributed by atoms with E-state index < -0.39 is 128 Å². The Balaban J connectivity index is 1.52. The molecule has 3 saturated heterocycles. The number of nitrogens with one attached hydrogen (secondary N) is 3. The minimum atomic E-state index is -3.94. The molecule has 16 atom stereocenters. The molecular weight excluding hydrogens is 905 g/mol. The SMILES string of the molecule is CC(=O)NC1C(OCCOCC2OC(OCCOC(C)(C)C)C(NC(C)=O)C(O)C2O)OC(COCCOC2OC(COCCOP(=O)(O)C(C)(C)C)C(O)C(O)C2NC(C)=O)C(O)C1O. The molecule has 0 aromatic carbocycles. The molecule has 0 aliphatic carbocycles. The Morgan fingerprint density at radius 2 is 0.803 bits per heavy atom. The highest BCUT2D eigenvalue weighted by Crippen LogP contribution is 2.54. The van der Waals surface area contributed by atoms with Crippen LogP contribution < -0.4 is 16.0 Å². The minimum Gasteiger partial charge on any atom is -0.388 e. The standard InChI is InChI=1S/C40H74N3O22P/c1-21(44)41-27-33(50)30(47)24(63-36(27)58-13-11-56-19-25-31(48)35(52)29(43-23(3)46)38(65-25)60-15-16-61-39(4,5)6)18-55-10-14-59-37-28(42-22(2)45)34(51)32(49)26(64-37)20-57-12-17-62-66(53,54)40(7,8)9/h24-38,47-52H,10-20H2,1-9H3,(H,41,44)(H,42,45)(H,43,46)(H,53,54). The quantitative estimate of drug-likeness (QED) is 0.0317. The predicted octanol–water partition coefficient (Wildman–Crippen LogP) is -3.24. The van der Waals surface area contributed by atoms with Gasteiger partial charge in [0.05, 0.1) is 83.4 Å². The number of rotatable bonds is 25. The maximum atomic E-state index is 12.3. The highest BCUT2D eigenvalue weighted by molar-refractivity contribution is 7.54. The molecule has 10 N–H and O–H groups in total. The van der Waals surface area contributed by atoms with Crippen molar-refractivity contribution in [2.24, 2.45) is 0 Å². The van der Waals surface area contributed by atoms with Gasteiger partial charge in [-0.3, -0.25) is 18.9 Å². The van der Waals surface area contributed by atoms with E-state index in [4.69, 9.17) is 51.9 Å². The van der Waals surface area contributed by atoms with Gasteiger partial charge < -0.3 is 103 Å². The van der Waals surface area contributed by atoms with E-state index in [-0.39, 0.29) is 72.7 Å². The van der Waals surface area contributed by atoms with Gasteiger partial charge in [-0.15, -0.1) is 0 Å². The van der Waals surface area contributed by atoms with Crippen molar-refractivity contribution in [3.8, 4) is 0 Å². The maximum Gasteiger partial charge on any atom is 0.333 e. The van der Waals surface area contributed by atoms with E-state index in [1.807, 2.05) is 20.8 Å². The van der Waals surface area contributed by atoms with Crippen LogP contribution in [0.25, 0.3) is 0 Å². The Hall–Kier alpha value is -2.08. The molecule has 66 heavy (non-hydrogen) atoms. The van der Waals surface area contributed by atoms with Crippen LogP contribution >= 0.6 is 7.60 Å². The zero-order valence-electron chi connectivity index (χ0n) is 39.1. The van der Waals surface area contributed by atoms with Crippen LogP contribution in [0.1, 0.15) is 62.3 Å². The largest absolute Gasteiger partial charge is 0.388 e. The lowest BCUT2D eigenvalue weighted by Gasteiger charge is -2.43. The molecule has 3 aliphatic rings. The summed E-state index contributed by atoms with van der Waals surface area (Å²) < 4.78 is 74.9. The fourth-order valence-corrected chi connectivity index (χ4v) is 7.48. The molecule has 3 rings (SSSR count). The first-order chi connectivity index (χ1) is 30.7. The first kappa shape index (κ1) is 58.2. The lowest BCUT2D eigenvalue weighted by Crippen LogP contribution is -2.65. The third-order valence-electron chi connectivity index (χ3n) is 10.3. The average Bonchev–Trinajstić information content (AvgIpc) is 3.20. The summed E-state index contributed by atoms with van der Waals surface area (Å²) in [7, 11) is -3.94. The Morgan fingerprint density at radius 1 is 0.500 bits per heavy atom. The smallest absolute Gasteiger partial charge is 0.333 e. The molecule has 3 heterocycles. The summed E-state index contributed by atoms with van der Waals surface area (Å²) in [6.45, 7) is 12.2. The zero-order chi connectivity index (χ0) is 49.6. The van der Waals surface area contributed by atoms with Gasteiger partial charge in [-0.05, 0) is 41.5 Å². The summed E-state index contributed by atoms with van der Waals surface area (Å²) >= 11 is 0. The highest BCUT2D eigenvalue weighted by Gasteiger charge is 2.48. The number of aliphatic hydroxyl groups is 6. The second kappa shape index (κ2) is 26.8. The van der Waals surface area contributed by atoms with Gasteiger partial charge >= 0.3 is 7.60 Å². The molecule has 0 radical (unpaired) electrons. The Morgan fingerprint density at radius 3 is 1.09 bits per heavy atom. The lowest BCUT2D eigenvalue weighted by atomic mass is 9.97. The minimum absolute atomic E-state index is 0.0558. The van der Waals surface area contributed by atoms with Crippen LogP contribution in [0.4, 0.5) is 0 Å². The van der Waals surface area contributed by atoms with E-state index >= 15 is 0 Å². The van der Waals surface area contributed by atoms with Crippen LogP contribution in [0, 0.1) is 0 Å². The fraction of sp³-hybridized carbons (Fsp3) is 0.925. The van der Waals surface area contributed by atoms with Crippen molar-refractivity contribution in [3.63, 3.8) is 0 Å². The molecule has 0 aromatic heterocycles. The number of hydrogen-bond acceptors (Lipinski definition) is 21. The second-order valence-electron chi connectivity index (χ2n) is 18.1. The molecule has 26 heteroatoms. The third kappa shape index (κ3) is 18.3. The predicted molar refractivity (Wildman–Crippen MR) is 226 cm³/mol. The molecular formula is C40H74N3O22P. The van der Waals surface area contributed by atoms with E-state index in [1.54, 1.807) is 20.8 Å². The summed E-state index contributed by atoms with van der Waals surface area (Å²) in [5.74, 6) is -1.58. The first-order valence-corrected chi connectivity index (χ1v) is 23.4. The maximum absolute atomic E-state index is 12.3. The van der Waals surface area contributed by atoms with Gasteiger partial charge in [0.15, 0.2) is 18.9 Å². The zero-order valence-corrected chi connectivity index (χ0v) is 40.0. The van der Waals surface area contributed by atoms with Crippen LogP contribution in [-0.4, -0.2) is 229 Å². The van der Waals surface area contributed by atoms with Crippen molar-refractivity contribution < 1.29 is 106 Å². The number of carbonyl (C=O) groups excluding carboxylic acids is 3. The fourth-order valence-electron chi connectivity index (χ4n) is 6.77. The number of ether oxygens (including phenoxy) is 10. The van der Waals surface area contributed by atoms with Crippen LogP contribution in [0.15, 0.2) is 0 Å². The number of amides is 3. The average molecular weight is 980 g/mol. The highest BCUT2D eigenvalue weighted by atomic mass is 31.2. The van der Waals surface area contributed by atoms with Gasteiger partial charge in [-0.2, -0.15) is 0 Å². The van der Waals surface area contributed by atoms with Gasteiger partial charge in [0, 0.05) is 20.8 Å². The van der Waals surface area contributed by atoms with Gasteiger partial charge in [0.2, 0.25) is 17.7 Å². The van der Waals surface area contributed by atoms with Crippen LogP contribution in [0.2, 0.25) is 0 Å². The Labute approximate surface area is 384 Å². The molecule has 0 aromatic rings. The molecule has 3 aliphatic heterocycles. The van der Waals surface area contributed by atoms with Gasteiger partial charge in [0.25, 0.3) is 0 Å². The summed E-state index contributed by atoms with van der Waals surface area (Å²) in [4.78, 5) is 45.9. The number of carbonyl (C=O) groups is 3. The van der Waals surface area contributed by atoms with E-state index in [2.05, 4.69) is 16.0 Å². The summed E-state index contributed by atoms with van der Waals surface area (Å²) in [6.07, 6.45) is -16.4. The Kier molecular flexibility index (Phi) is 23.6. The van der Waals surface area contributed by atoms with E-state index in [0.29, 0.717) is 0 Å². The van der Waals surface area contributed by atoms with Crippen molar-refractivity contribution in [1.29, 1.82) is 0 Å². The summed E-state index contributed by atoms with van der Waals surface area (Å²) in [5, 5.41) is 71.6. The topological polar surface area (TPSA) is 348 Å². The number of aliphatic hydroxyl groups excluding tert-OH is 6. The Bertz CT molecular complexity index is 1540.